The predicted octanol–water partition coefficient (Wildman–Crippen LogP) is 4.88. The zero-order valence-corrected chi connectivity index (χ0v) is 26.0. The SMILES string of the molecule is Cn1cc(-c2cnc(N)c(C(=O)N[C@H]3CCC[C@@H]3OCc3ccc(-c4ccc5c(c4)CCCC5N4CCNCC4)cc3)c2)cn1. The lowest BCUT2D eigenvalue weighted by Gasteiger charge is -2.38. The number of pyridine rings is 1. The van der Waals surface area contributed by atoms with E-state index in [1.165, 1.54) is 35.1 Å². The van der Waals surface area contributed by atoms with E-state index >= 15 is 0 Å². The molecule has 2 aliphatic carbocycles. The number of piperazine rings is 1. The molecule has 1 aliphatic heterocycles. The van der Waals surface area contributed by atoms with Gasteiger partial charge in [-0.05, 0) is 72.4 Å². The third kappa shape index (κ3) is 6.52. The first-order chi connectivity index (χ1) is 22.0. The number of rotatable bonds is 8. The molecule has 45 heavy (non-hydrogen) atoms. The number of benzene rings is 2. The highest BCUT2D eigenvalue weighted by Gasteiger charge is 2.31. The van der Waals surface area contributed by atoms with Crippen LogP contribution in [0.5, 0.6) is 0 Å². The van der Waals surface area contributed by atoms with Crippen molar-refractivity contribution >= 4 is 11.7 Å². The normalized spacial score (nSPS) is 21.8. The van der Waals surface area contributed by atoms with Gasteiger partial charge in [0, 0.05) is 62.8 Å². The Morgan fingerprint density at radius 2 is 1.80 bits per heavy atom. The summed E-state index contributed by atoms with van der Waals surface area (Å²) in [4.78, 5) is 20.2. The van der Waals surface area contributed by atoms with E-state index < -0.39 is 0 Å². The Hall–Kier alpha value is -4.05. The highest BCUT2D eigenvalue weighted by molar-refractivity contribution is 5.99. The van der Waals surface area contributed by atoms with Gasteiger partial charge in [-0.2, -0.15) is 5.10 Å². The van der Waals surface area contributed by atoms with Crippen LogP contribution in [0.15, 0.2) is 67.1 Å². The van der Waals surface area contributed by atoms with Crippen molar-refractivity contribution in [3.05, 3.63) is 89.4 Å². The number of carbonyl (C=O) groups excluding carboxylic acids is 1. The molecular weight excluding hydrogens is 562 g/mol. The lowest BCUT2D eigenvalue weighted by atomic mass is 9.84. The van der Waals surface area contributed by atoms with Crippen molar-refractivity contribution in [2.24, 2.45) is 7.05 Å². The first-order valence-corrected chi connectivity index (χ1v) is 16.4. The number of fused-ring (bicyclic) bond motifs is 1. The molecule has 1 saturated heterocycles. The van der Waals surface area contributed by atoms with E-state index in [0.29, 0.717) is 18.2 Å². The first-order valence-electron chi connectivity index (χ1n) is 16.4. The van der Waals surface area contributed by atoms with Crippen molar-refractivity contribution in [3.8, 4) is 22.3 Å². The van der Waals surface area contributed by atoms with E-state index in [2.05, 4.69) is 68.1 Å². The second kappa shape index (κ2) is 13.1. The van der Waals surface area contributed by atoms with Crippen LogP contribution in [0.3, 0.4) is 0 Å². The molecule has 4 N–H and O–H groups in total. The minimum Gasteiger partial charge on any atom is -0.383 e. The Bertz CT molecular complexity index is 1640. The van der Waals surface area contributed by atoms with E-state index in [1.54, 1.807) is 23.1 Å². The summed E-state index contributed by atoms with van der Waals surface area (Å²) in [6.07, 6.45) is 11.7. The van der Waals surface area contributed by atoms with Gasteiger partial charge in [-0.3, -0.25) is 14.4 Å². The average molecular weight is 606 g/mol. The molecule has 2 fully saturated rings. The number of amides is 1. The molecular formula is C36H43N7O2. The molecule has 234 valence electrons. The Morgan fingerprint density at radius 3 is 2.60 bits per heavy atom. The molecule has 1 saturated carbocycles. The number of aryl methyl sites for hydroxylation is 2. The van der Waals surface area contributed by atoms with Gasteiger partial charge in [0.05, 0.1) is 30.5 Å². The Labute approximate surface area is 265 Å². The molecule has 0 bridgehead atoms. The molecule has 3 heterocycles. The van der Waals surface area contributed by atoms with Crippen LogP contribution in [-0.2, 0) is 24.8 Å². The molecule has 3 atom stereocenters. The summed E-state index contributed by atoms with van der Waals surface area (Å²) >= 11 is 0. The van der Waals surface area contributed by atoms with Crippen LogP contribution >= 0.6 is 0 Å². The standard InChI is InChI=1S/C36H43N7O2/c1-42-22-29(21-40-42)28-19-31(35(37)39-20-28)36(44)41-32-5-3-7-34(32)45-23-24-8-10-25(11-9-24)26-12-13-30-27(18-26)4-2-6-33(30)43-16-14-38-15-17-43/h8-13,18-22,32-34,38H,2-7,14-17,23H2,1H3,(H2,37,39)(H,41,44)/t32-,33?,34-/m0/s1. The van der Waals surface area contributed by atoms with Crippen molar-refractivity contribution in [2.45, 2.75) is 63.3 Å². The van der Waals surface area contributed by atoms with Crippen LogP contribution in [0.4, 0.5) is 5.82 Å². The fourth-order valence-corrected chi connectivity index (χ4v) is 7.26. The van der Waals surface area contributed by atoms with Gasteiger partial charge in [-0.25, -0.2) is 4.98 Å². The van der Waals surface area contributed by atoms with Crippen LogP contribution in [0.1, 0.15) is 65.2 Å². The number of aromatic nitrogens is 3. The highest BCUT2D eigenvalue weighted by atomic mass is 16.5. The fourth-order valence-electron chi connectivity index (χ4n) is 7.26. The molecule has 3 aliphatic rings. The van der Waals surface area contributed by atoms with Crippen molar-refractivity contribution in [2.75, 3.05) is 31.9 Å². The van der Waals surface area contributed by atoms with Gasteiger partial charge in [-0.1, -0.05) is 42.5 Å². The van der Waals surface area contributed by atoms with Gasteiger partial charge in [0.25, 0.3) is 5.91 Å². The van der Waals surface area contributed by atoms with E-state index in [0.717, 1.165) is 68.6 Å². The Kier molecular flexibility index (Phi) is 8.65. The number of anilines is 1. The van der Waals surface area contributed by atoms with Gasteiger partial charge < -0.3 is 21.1 Å². The molecule has 2 aromatic heterocycles. The smallest absolute Gasteiger partial charge is 0.255 e. The largest absolute Gasteiger partial charge is 0.383 e. The summed E-state index contributed by atoms with van der Waals surface area (Å²) in [6.45, 7) is 4.95. The number of nitrogens with zero attached hydrogens (tertiary/aromatic N) is 4. The monoisotopic (exact) mass is 605 g/mol. The number of hydrogen-bond donors (Lipinski definition) is 3. The molecule has 0 spiro atoms. The second-order valence-corrected chi connectivity index (χ2v) is 12.7. The van der Waals surface area contributed by atoms with Gasteiger partial charge in [0.1, 0.15) is 5.82 Å². The van der Waals surface area contributed by atoms with E-state index in [1.807, 2.05) is 13.2 Å². The lowest BCUT2D eigenvalue weighted by molar-refractivity contribution is 0.0272. The van der Waals surface area contributed by atoms with Crippen molar-refractivity contribution in [1.82, 2.24) is 30.3 Å². The zero-order valence-electron chi connectivity index (χ0n) is 26.0. The fraction of sp³-hybridized carbons (Fsp3) is 0.417. The van der Waals surface area contributed by atoms with Gasteiger partial charge in [-0.15, -0.1) is 0 Å². The van der Waals surface area contributed by atoms with Crippen LogP contribution < -0.4 is 16.4 Å². The maximum Gasteiger partial charge on any atom is 0.255 e. The number of nitrogens with two attached hydrogens (primary N) is 1. The summed E-state index contributed by atoms with van der Waals surface area (Å²) in [5, 5.41) is 10.9. The van der Waals surface area contributed by atoms with Gasteiger partial charge in [0.2, 0.25) is 0 Å². The second-order valence-electron chi connectivity index (χ2n) is 12.7. The van der Waals surface area contributed by atoms with Crippen molar-refractivity contribution in [3.63, 3.8) is 0 Å². The molecule has 9 heteroatoms. The summed E-state index contributed by atoms with van der Waals surface area (Å²) in [5.74, 6) is -0.00566. The Morgan fingerprint density at radius 1 is 0.978 bits per heavy atom. The molecule has 1 unspecified atom stereocenters. The number of nitrogens with one attached hydrogen (secondary N) is 2. The summed E-state index contributed by atoms with van der Waals surface area (Å²) in [6, 6.07) is 18.1. The number of ether oxygens (including phenoxy) is 1. The van der Waals surface area contributed by atoms with E-state index in [9.17, 15) is 4.79 Å². The maximum absolute atomic E-state index is 13.3. The van der Waals surface area contributed by atoms with Crippen molar-refractivity contribution in [1.29, 1.82) is 0 Å². The van der Waals surface area contributed by atoms with Crippen LogP contribution in [0, 0.1) is 0 Å². The van der Waals surface area contributed by atoms with Gasteiger partial charge >= 0.3 is 0 Å². The van der Waals surface area contributed by atoms with Gasteiger partial charge in [0.15, 0.2) is 0 Å². The van der Waals surface area contributed by atoms with Crippen LogP contribution in [0.25, 0.3) is 22.3 Å². The third-order valence-corrected chi connectivity index (χ3v) is 9.74. The third-order valence-electron chi connectivity index (χ3n) is 9.74. The number of carbonyl (C=O) groups is 1. The quantitative estimate of drug-likeness (QED) is 0.263. The zero-order chi connectivity index (χ0) is 30.8. The lowest BCUT2D eigenvalue weighted by Crippen LogP contribution is -2.45. The van der Waals surface area contributed by atoms with E-state index in [-0.39, 0.29) is 23.9 Å². The molecule has 7 rings (SSSR count). The molecule has 4 aromatic rings. The topological polar surface area (TPSA) is 110 Å². The minimum absolute atomic E-state index is 0.0476. The number of nitrogen functional groups attached to an aromatic ring is 1. The van der Waals surface area contributed by atoms with Crippen LogP contribution in [0.2, 0.25) is 0 Å². The maximum atomic E-state index is 13.3. The highest BCUT2D eigenvalue weighted by Crippen LogP contribution is 2.37. The summed E-state index contributed by atoms with van der Waals surface area (Å²) in [5.41, 5.74) is 14.9. The summed E-state index contributed by atoms with van der Waals surface area (Å²) in [7, 11) is 1.86. The summed E-state index contributed by atoms with van der Waals surface area (Å²) < 4.78 is 8.09. The van der Waals surface area contributed by atoms with Crippen molar-refractivity contribution < 1.29 is 9.53 Å². The molecule has 1 amide bonds. The Balaban J connectivity index is 0.968. The minimum atomic E-state index is -0.222. The molecule has 2 aromatic carbocycles. The number of hydrogen-bond acceptors (Lipinski definition) is 7. The molecule has 9 nitrogen and oxygen atoms in total. The predicted molar refractivity (Wildman–Crippen MR) is 177 cm³/mol. The first kappa shape index (κ1) is 29.6. The average Bonchev–Trinajstić information content (AvgIpc) is 3.72. The molecule has 0 radical (unpaired) electrons. The van der Waals surface area contributed by atoms with Crippen LogP contribution in [-0.4, -0.2) is 63.9 Å². The van der Waals surface area contributed by atoms with E-state index in [4.69, 9.17) is 10.5 Å².